The Balaban J connectivity index is 1.67. The SMILES string of the molecule is Cn1ncc(N2CCC(C(=O)Nc3ccccc3F)C2)cc1=O. The summed E-state index contributed by atoms with van der Waals surface area (Å²) in [6, 6.07) is 7.59. The number of anilines is 2. The number of carbonyl (C=O) groups is 1. The highest BCUT2D eigenvalue weighted by atomic mass is 19.1. The van der Waals surface area contributed by atoms with Gasteiger partial charge in [0.25, 0.3) is 5.56 Å². The van der Waals surface area contributed by atoms with Crippen molar-refractivity contribution < 1.29 is 9.18 Å². The van der Waals surface area contributed by atoms with E-state index in [2.05, 4.69) is 10.4 Å². The normalized spacial score (nSPS) is 17.3. The molecule has 0 saturated carbocycles. The van der Waals surface area contributed by atoms with Crippen LogP contribution in [-0.2, 0) is 11.8 Å². The molecule has 1 amide bonds. The van der Waals surface area contributed by atoms with Crippen LogP contribution in [0, 0.1) is 11.7 Å². The number of hydrogen-bond donors (Lipinski definition) is 1. The molecule has 7 heteroatoms. The van der Waals surface area contributed by atoms with E-state index < -0.39 is 5.82 Å². The standard InChI is InChI=1S/C16H17FN4O2/c1-20-15(22)8-12(9-18-20)21-7-6-11(10-21)16(23)19-14-5-3-2-4-13(14)17/h2-5,8-9,11H,6-7,10H2,1H3,(H,19,23). The number of amides is 1. The topological polar surface area (TPSA) is 67.2 Å². The number of nitrogens with one attached hydrogen (secondary N) is 1. The molecule has 0 bridgehead atoms. The molecular formula is C16H17FN4O2. The molecule has 0 spiro atoms. The van der Waals surface area contributed by atoms with Crippen molar-refractivity contribution in [2.75, 3.05) is 23.3 Å². The predicted octanol–water partition coefficient (Wildman–Crippen LogP) is 1.38. The van der Waals surface area contributed by atoms with Gasteiger partial charge in [0.15, 0.2) is 0 Å². The first kappa shape index (κ1) is 15.2. The molecule has 2 aromatic rings. The number of aromatic nitrogens is 2. The van der Waals surface area contributed by atoms with Crippen LogP contribution >= 0.6 is 0 Å². The van der Waals surface area contributed by atoms with Crippen molar-refractivity contribution in [2.45, 2.75) is 6.42 Å². The average molecular weight is 316 g/mol. The summed E-state index contributed by atoms with van der Waals surface area (Å²) in [7, 11) is 1.58. The van der Waals surface area contributed by atoms with Crippen LogP contribution < -0.4 is 15.8 Å². The molecule has 1 aliphatic heterocycles. The maximum atomic E-state index is 13.6. The van der Waals surface area contributed by atoms with Crippen molar-refractivity contribution in [3.05, 3.63) is 52.7 Å². The lowest BCUT2D eigenvalue weighted by Gasteiger charge is -2.18. The zero-order valence-electron chi connectivity index (χ0n) is 12.7. The number of para-hydroxylation sites is 1. The van der Waals surface area contributed by atoms with Crippen LogP contribution in [0.1, 0.15) is 6.42 Å². The quantitative estimate of drug-likeness (QED) is 0.929. The third-order valence-electron chi connectivity index (χ3n) is 4.01. The van der Waals surface area contributed by atoms with E-state index in [-0.39, 0.29) is 23.1 Å². The fourth-order valence-electron chi connectivity index (χ4n) is 2.64. The van der Waals surface area contributed by atoms with Crippen LogP contribution in [-0.4, -0.2) is 28.8 Å². The summed E-state index contributed by atoms with van der Waals surface area (Å²) in [5.74, 6) is -0.917. The molecule has 3 rings (SSSR count). The molecule has 2 heterocycles. The van der Waals surface area contributed by atoms with Crippen LogP contribution in [0.25, 0.3) is 0 Å². The monoisotopic (exact) mass is 316 g/mol. The van der Waals surface area contributed by atoms with Crippen LogP contribution in [0.5, 0.6) is 0 Å². The Labute approximate surface area is 132 Å². The molecule has 1 fully saturated rings. The Kier molecular flexibility index (Phi) is 4.10. The Bertz CT molecular complexity index is 790. The van der Waals surface area contributed by atoms with Gasteiger partial charge in [0.2, 0.25) is 5.91 Å². The maximum Gasteiger partial charge on any atom is 0.268 e. The summed E-state index contributed by atoms with van der Waals surface area (Å²) >= 11 is 0. The minimum absolute atomic E-state index is 0.186. The van der Waals surface area contributed by atoms with Gasteiger partial charge >= 0.3 is 0 Å². The van der Waals surface area contributed by atoms with E-state index in [1.165, 1.54) is 22.9 Å². The molecule has 120 valence electrons. The first-order chi connectivity index (χ1) is 11.0. The zero-order valence-corrected chi connectivity index (χ0v) is 12.7. The second-order valence-electron chi connectivity index (χ2n) is 5.58. The first-order valence-corrected chi connectivity index (χ1v) is 7.38. The van der Waals surface area contributed by atoms with E-state index in [4.69, 9.17) is 0 Å². The van der Waals surface area contributed by atoms with Gasteiger partial charge in [0, 0.05) is 26.2 Å². The maximum absolute atomic E-state index is 13.6. The van der Waals surface area contributed by atoms with Gasteiger partial charge in [0.1, 0.15) is 5.82 Å². The Morgan fingerprint density at radius 3 is 2.91 bits per heavy atom. The van der Waals surface area contributed by atoms with Gasteiger partial charge in [-0.05, 0) is 18.6 Å². The van der Waals surface area contributed by atoms with Crippen LogP contribution in [0.15, 0.2) is 41.3 Å². The Morgan fingerprint density at radius 1 is 1.39 bits per heavy atom. The van der Waals surface area contributed by atoms with Gasteiger partial charge < -0.3 is 10.2 Å². The molecule has 1 saturated heterocycles. The number of halogens is 1. The summed E-state index contributed by atoms with van der Waals surface area (Å²) in [6.07, 6.45) is 2.26. The molecule has 6 nitrogen and oxygen atoms in total. The van der Waals surface area contributed by atoms with E-state index in [0.29, 0.717) is 25.2 Å². The minimum atomic E-state index is -0.452. The molecular weight excluding hydrogens is 299 g/mol. The largest absolute Gasteiger partial charge is 0.369 e. The summed E-state index contributed by atoms with van der Waals surface area (Å²) in [5.41, 5.74) is 0.697. The molecule has 1 unspecified atom stereocenters. The van der Waals surface area contributed by atoms with Crippen LogP contribution in [0.3, 0.4) is 0 Å². The minimum Gasteiger partial charge on any atom is -0.369 e. The second-order valence-corrected chi connectivity index (χ2v) is 5.58. The third kappa shape index (κ3) is 3.23. The fourth-order valence-corrected chi connectivity index (χ4v) is 2.64. The molecule has 1 aromatic carbocycles. The van der Waals surface area contributed by atoms with Gasteiger partial charge in [0.05, 0.1) is 23.5 Å². The molecule has 1 atom stereocenters. The second kappa shape index (κ2) is 6.20. The molecule has 1 aromatic heterocycles. The van der Waals surface area contributed by atoms with Crippen molar-refractivity contribution in [1.29, 1.82) is 0 Å². The molecule has 1 N–H and O–H groups in total. The van der Waals surface area contributed by atoms with E-state index in [1.54, 1.807) is 25.4 Å². The van der Waals surface area contributed by atoms with Crippen molar-refractivity contribution >= 4 is 17.3 Å². The summed E-state index contributed by atoms with van der Waals surface area (Å²) in [5, 5.41) is 6.61. The smallest absolute Gasteiger partial charge is 0.268 e. The van der Waals surface area contributed by atoms with E-state index in [0.717, 1.165) is 0 Å². The van der Waals surface area contributed by atoms with Gasteiger partial charge in [-0.25, -0.2) is 9.07 Å². The summed E-state index contributed by atoms with van der Waals surface area (Å²) in [6.45, 7) is 1.14. The Hall–Kier alpha value is -2.70. The first-order valence-electron chi connectivity index (χ1n) is 7.38. The molecule has 23 heavy (non-hydrogen) atoms. The van der Waals surface area contributed by atoms with Gasteiger partial charge in [-0.15, -0.1) is 0 Å². The van der Waals surface area contributed by atoms with E-state index in [1.807, 2.05) is 4.90 Å². The van der Waals surface area contributed by atoms with Crippen molar-refractivity contribution in [3.8, 4) is 0 Å². The number of carbonyl (C=O) groups excluding carboxylic acids is 1. The van der Waals surface area contributed by atoms with Gasteiger partial charge in [-0.2, -0.15) is 5.10 Å². The Morgan fingerprint density at radius 2 is 2.17 bits per heavy atom. The number of benzene rings is 1. The van der Waals surface area contributed by atoms with Gasteiger partial charge in [-0.1, -0.05) is 12.1 Å². The highest BCUT2D eigenvalue weighted by Gasteiger charge is 2.29. The molecule has 0 radical (unpaired) electrons. The number of rotatable bonds is 3. The summed E-state index contributed by atoms with van der Waals surface area (Å²) < 4.78 is 14.8. The number of nitrogens with zero attached hydrogens (tertiary/aromatic N) is 3. The van der Waals surface area contributed by atoms with E-state index in [9.17, 15) is 14.0 Å². The zero-order chi connectivity index (χ0) is 16.4. The molecule has 1 aliphatic rings. The summed E-state index contributed by atoms with van der Waals surface area (Å²) in [4.78, 5) is 25.9. The fraction of sp³-hybridized carbons (Fsp3) is 0.312. The highest BCUT2D eigenvalue weighted by Crippen LogP contribution is 2.24. The van der Waals surface area contributed by atoms with Crippen molar-refractivity contribution in [2.24, 2.45) is 13.0 Å². The lowest BCUT2D eigenvalue weighted by molar-refractivity contribution is -0.119. The average Bonchev–Trinajstić information content (AvgIpc) is 3.02. The van der Waals surface area contributed by atoms with Crippen LogP contribution in [0.2, 0.25) is 0 Å². The predicted molar refractivity (Wildman–Crippen MR) is 84.8 cm³/mol. The molecule has 0 aliphatic carbocycles. The lowest BCUT2D eigenvalue weighted by Crippen LogP contribution is -2.28. The lowest BCUT2D eigenvalue weighted by atomic mass is 10.1. The van der Waals surface area contributed by atoms with E-state index >= 15 is 0 Å². The van der Waals surface area contributed by atoms with Gasteiger partial charge in [-0.3, -0.25) is 9.59 Å². The highest BCUT2D eigenvalue weighted by molar-refractivity contribution is 5.93. The van der Waals surface area contributed by atoms with Crippen molar-refractivity contribution in [3.63, 3.8) is 0 Å². The van der Waals surface area contributed by atoms with Crippen molar-refractivity contribution in [1.82, 2.24) is 9.78 Å². The third-order valence-corrected chi connectivity index (χ3v) is 4.01. The number of aryl methyl sites for hydroxylation is 1. The number of hydrogen-bond acceptors (Lipinski definition) is 4. The van der Waals surface area contributed by atoms with Crippen LogP contribution in [0.4, 0.5) is 15.8 Å².